The maximum atomic E-state index is 12.4. The maximum Gasteiger partial charge on any atom is 0.300 e. The summed E-state index contributed by atoms with van der Waals surface area (Å²) in [7, 11) is 1.66. The standard InChI is InChI=1S/C21H23N3O3/c1-15-3-8-19-18(13-15)20(25)21(26)24(19)14-22-9-11-23(12-10-22)16-4-6-17(27-2)7-5-16/h3-8,13H,9-12,14H2,1-2H3. The molecule has 2 aliphatic heterocycles. The molecule has 1 fully saturated rings. The predicted molar refractivity (Wildman–Crippen MR) is 105 cm³/mol. The molecule has 2 aliphatic rings. The molecule has 6 heteroatoms. The van der Waals surface area contributed by atoms with Crippen LogP contribution in [0.2, 0.25) is 0 Å². The third-order valence-electron chi connectivity index (χ3n) is 5.28. The number of methoxy groups -OCH3 is 1. The van der Waals surface area contributed by atoms with Gasteiger partial charge in [0, 0.05) is 31.9 Å². The van der Waals surface area contributed by atoms with Crippen molar-refractivity contribution in [2.75, 3.05) is 49.8 Å². The van der Waals surface area contributed by atoms with Crippen molar-refractivity contribution in [3.05, 3.63) is 53.6 Å². The van der Waals surface area contributed by atoms with E-state index in [2.05, 4.69) is 21.9 Å². The molecule has 2 aromatic rings. The lowest BCUT2D eigenvalue weighted by molar-refractivity contribution is -0.114. The number of fused-ring (bicyclic) bond motifs is 1. The summed E-state index contributed by atoms with van der Waals surface area (Å²) in [5, 5.41) is 0. The number of carbonyl (C=O) groups excluding carboxylic acids is 2. The molecule has 2 heterocycles. The van der Waals surface area contributed by atoms with Crippen LogP contribution in [0.4, 0.5) is 11.4 Å². The van der Waals surface area contributed by atoms with Crippen LogP contribution < -0.4 is 14.5 Å². The van der Waals surface area contributed by atoms with E-state index in [4.69, 9.17) is 4.74 Å². The molecule has 0 atom stereocenters. The van der Waals surface area contributed by atoms with Crippen LogP contribution in [-0.4, -0.2) is 56.5 Å². The largest absolute Gasteiger partial charge is 0.497 e. The SMILES string of the molecule is COc1ccc(N2CCN(CN3C(=O)C(=O)c4cc(C)ccc43)CC2)cc1. The molecule has 0 unspecified atom stereocenters. The van der Waals surface area contributed by atoms with Crippen LogP contribution >= 0.6 is 0 Å². The molecule has 140 valence electrons. The number of Topliss-reactive ketones (excluding diaryl/α,β-unsaturated/α-hetero) is 1. The summed E-state index contributed by atoms with van der Waals surface area (Å²) in [4.78, 5) is 30.8. The second-order valence-electron chi connectivity index (χ2n) is 7.03. The van der Waals surface area contributed by atoms with Gasteiger partial charge in [-0.15, -0.1) is 0 Å². The van der Waals surface area contributed by atoms with Gasteiger partial charge in [-0.25, -0.2) is 0 Å². The predicted octanol–water partition coefficient (Wildman–Crippen LogP) is 2.31. The van der Waals surface area contributed by atoms with E-state index >= 15 is 0 Å². The topological polar surface area (TPSA) is 53.1 Å². The van der Waals surface area contributed by atoms with Crippen LogP contribution in [0.25, 0.3) is 0 Å². The van der Waals surface area contributed by atoms with Crippen molar-refractivity contribution in [1.82, 2.24) is 4.90 Å². The molecular formula is C21H23N3O3. The summed E-state index contributed by atoms with van der Waals surface area (Å²) in [5.41, 5.74) is 3.42. The Hall–Kier alpha value is -2.86. The Bertz CT molecular complexity index is 871. The molecule has 0 aliphatic carbocycles. The van der Waals surface area contributed by atoms with Gasteiger partial charge in [-0.1, -0.05) is 11.6 Å². The number of benzene rings is 2. The number of aryl methyl sites for hydroxylation is 1. The molecule has 0 saturated carbocycles. The first-order valence-electron chi connectivity index (χ1n) is 9.15. The number of amides is 1. The van der Waals surface area contributed by atoms with Crippen LogP contribution in [0.5, 0.6) is 5.75 Å². The highest BCUT2D eigenvalue weighted by Gasteiger charge is 2.36. The first-order chi connectivity index (χ1) is 13.1. The number of rotatable bonds is 4. The Morgan fingerprint density at radius 3 is 2.33 bits per heavy atom. The van der Waals surface area contributed by atoms with Crippen LogP contribution in [0.15, 0.2) is 42.5 Å². The number of hydrogen-bond acceptors (Lipinski definition) is 5. The zero-order chi connectivity index (χ0) is 19.0. The Morgan fingerprint density at radius 2 is 1.67 bits per heavy atom. The number of hydrogen-bond donors (Lipinski definition) is 0. The van der Waals surface area contributed by atoms with Gasteiger partial charge in [0.2, 0.25) is 0 Å². The fourth-order valence-corrected chi connectivity index (χ4v) is 3.70. The lowest BCUT2D eigenvalue weighted by Gasteiger charge is -2.37. The molecule has 4 rings (SSSR count). The van der Waals surface area contributed by atoms with Crippen LogP contribution in [0, 0.1) is 6.92 Å². The van der Waals surface area contributed by atoms with E-state index in [1.807, 2.05) is 31.2 Å². The minimum atomic E-state index is -0.423. The van der Waals surface area contributed by atoms with Gasteiger partial charge in [-0.2, -0.15) is 0 Å². The minimum absolute atomic E-state index is 0.398. The van der Waals surface area contributed by atoms with Crippen LogP contribution in [0.3, 0.4) is 0 Å². The van der Waals surface area contributed by atoms with E-state index in [0.717, 1.165) is 43.2 Å². The fourth-order valence-electron chi connectivity index (χ4n) is 3.70. The van der Waals surface area contributed by atoms with E-state index in [1.54, 1.807) is 18.1 Å². The lowest BCUT2D eigenvalue weighted by atomic mass is 10.1. The molecule has 0 aromatic heterocycles. The first-order valence-corrected chi connectivity index (χ1v) is 9.15. The monoisotopic (exact) mass is 365 g/mol. The normalized spacial score (nSPS) is 17.4. The van der Waals surface area contributed by atoms with Crippen molar-refractivity contribution in [2.24, 2.45) is 0 Å². The zero-order valence-corrected chi connectivity index (χ0v) is 15.6. The molecule has 1 saturated heterocycles. The third kappa shape index (κ3) is 3.28. The molecule has 2 aromatic carbocycles. The van der Waals surface area contributed by atoms with Gasteiger partial charge >= 0.3 is 5.91 Å². The van der Waals surface area contributed by atoms with E-state index < -0.39 is 11.7 Å². The first kappa shape index (κ1) is 17.5. The van der Waals surface area contributed by atoms with E-state index in [-0.39, 0.29) is 0 Å². The highest BCUT2D eigenvalue weighted by Crippen LogP contribution is 2.30. The third-order valence-corrected chi connectivity index (χ3v) is 5.28. The Kier molecular flexibility index (Phi) is 4.58. The average molecular weight is 365 g/mol. The van der Waals surface area contributed by atoms with Gasteiger partial charge in [0.15, 0.2) is 0 Å². The molecule has 0 N–H and O–H groups in total. The summed E-state index contributed by atoms with van der Waals surface area (Å²) >= 11 is 0. The van der Waals surface area contributed by atoms with Gasteiger partial charge in [0.05, 0.1) is 25.0 Å². The van der Waals surface area contributed by atoms with Crippen LogP contribution in [-0.2, 0) is 4.79 Å². The van der Waals surface area contributed by atoms with Crippen molar-refractivity contribution in [2.45, 2.75) is 6.92 Å². The summed E-state index contributed by atoms with van der Waals surface area (Å²) in [6.07, 6.45) is 0. The van der Waals surface area contributed by atoms with E-state index in [0.29, 0.717) is 12.2 Å². The summed E-state index contributed by atoms with van der Waals surface area (Å²) in [5.74, 6) is 0.0299. The number of nitrogens with zero attached hydrogens (tertiary/aromatic N) is 3. The van der Waals surface area contributed by atoms with Crippen molar-refractivity contribution in [3.63, 3.8) is 0 Å². The number of ether oxygens (including phenoxy) is 1. The number of ketones is 1. The summed E-state index contributed by atoms with van der Waals surface area (Å²) in [6, 6.07) is 13.7. The van der Waals surface area contributed by atoms with Crippen molar-refractivity contribution < 1.29 is 14.3 Å². The average Bonchev–Trinajstić information content (AvgIpc) is 2.93. The number of piperazine rings is 1. The van der Waals surface area contributed by atoms with Crippen molar-refractivity contribution >= 4 is 23.1 Å². The molecule has 1 amide bonds. The summed E-state index contributed by atoms with van der Waals surface area (Å²) < 4.78 is 5.21. The zero-order valence-electron chi connectivity index (χ0n) is 15.6. The maximum absolute atomic E-state index is 12.4. The highest BCUT2D eigenvalue weighted by molar-refractivity contribution is 6.52. The van der Waals surface area contributed by atoms with Crippen molar-refractivity contribution in [1.29, 1.82) is 0 Å². The molecule has 0 bridgehead atoms. The Balaban J connectivity index is 1.41. The smallest absolute Gasteiger partial charge is 0.300 e. The van der Waals surface area contributed by atoms with Gasteiger partial charge in [-0.05, 0) is 43.3 Å². The number of carbonyl (C=O) groups is 2. The molecular weight excluding hydrogens is 342 g/mol. The fraction of sp³-hybridized carbons (Fsp3) is 0.333. The lowest BCUT2D eigenvalue weighted by Crippen LogP contribution is -2.51. The molecule has 27 heavy (non-hydrogen) atoms. The van der Waals surface area contributed by atoms with Crippen molar-refractivity contribution in [3.8, 4) is 5.75 Å². The summed E-state index contributed by atoms with van der Waals surface area (Å²) in [6.45, 7) is 5.82. The van der Waals surface area contributed by atoms with E-state index in [1.165, 1.54) is 5.69 Å². The molecule has 0 spiro atoms. The van der Waals surface area contributed by atoms with E-state index in [9.17, 15) is 9.59 Å². The minimum Gasteiger partial charge on any atom is -0.497 e. The Morgan fingerprint density at radius 1 is 0.963 bits per heavy atom. The van der Waals surface area contributed by atoms with Gasteiger partial charge in [0.25, 0.3) is 5.78 Å². The second kappa shape index (κ2) is 7.04. The van der Waals surface area contributed by atoms with Gasteiger partial charge in [0.1, 0.15) is 5.75 Å². The van der Waals surface area contributed by atoms with Gasteiger partial charge < -0.3 is 9.64 Å². The quantitative estimate of drug-likeness (QED) is 0.779. The van der Waals surface area contributed by atoms with Crippen LogP contribution in [0.1, 0.15) is 15.9 Å². The Labute approximate surface area is 158 Å². The molecule has 6 nitrogen and oxygen atoms in total. The number of anilines is 2. The molecule has 0 radical (unpaired) electrons. The highest BCUT2D eigenvalue weighted by atomic mass is 16.5. The van der Waals surface area contributed by atoms with Gasteiger partial charge in [-0.3, -0.25) is 19.4 Å². The second-order valence-corrected chi connectivity index (χ2v) is 7.03.